The Morgan fingerprint density at radius 1 is 0.950 bits per heavy atom. The third kappa shape index (κ3) is 1.49. The number of hydrogen-bond donors (Lipinski definition) is 1. The van der Waals surface area contributed by atoms with E-state index in [-0.39, 0.29) is 5.41 Å². The summed E-state index contributed by atoms with van der Waals surface area (Å²) in [6.07, 6.45) is 0. The second kappa shape index (κ2) is 4.35. The Hall–Kier alpha value is -1.80. The molecular formula is C18H21NO. The highest BCUT2D eigenvalue weighted by atomic mass is 16.3. The van der Waals surface area contributed by atoms with Crippen molar-refractivity contribution in [2.45, 2.75) is 31.9 Å². The Bertz CT molecular complexity index is 620. The van der Waals surface area contributed by atoms with Crippen molar-refractivity contribution in [3.05, 3.63) is 65.7 Å². The first-order valence-corrected chi connectivity index (χ1v) is 7.18. The zero-order valence-electron chi connectivity index (χ0n) is 12.3. The fourth-order valence-corrected chi connectivity index (χ4v) is 3.52. The summed E-state index contributed by atoms with van der Waals surface area (Å²) in [6.45, 7) is 7.10. The van der Waals surface area contributed by atoms with Crippen LogP contribution >= 0.6 is 0 Å². The van der Waals surface area contributed by atoms with Crippen LogP contribution in [0.2, 0.25) is 0 Å². The van der Waals surface area contributed by atoms with Gasteiger partial charge in [0.05, 0.1) is 0 Å². The van der Waals surface area contributed by atoms with Crippen molar-refractivity contribution < 1.29 is 5.11 Å². The molecule has 104 valence electrons. The van der Waals surface area contributed by atoms with Gasteiger partial charge < -0.3 is 10.0 Å². The van der Waals surface area contributed by atoms with Gasteiger partial charge in [-0.1, -0.05) is 62.4 Å². The number of fused-ring (bicyclic) bond motifs is 1. The highest BCUT2D eigenvalue weighted by Crippen LogP contribution is 2.54. The Morgan fingerprint density at radius 3 is 2.20 bits per heavy atom. The molecular weight excluding hydrogens is 246 g/mol. The first-order valence-electron chi connectivity index (χ1n) is 7.18. The van der Waals surface area contributed by atoms with Crippen LogP contribution in [0.4, 0.5) is 5.69 Å². The van der Waals surface area contributed by atoms with Crippen molar-refractivity contribution in [1.82, 2.24) is 0 Å². The highest BCUT2D eigenvalue weighted by molar-refractivity contribution is 5.66. The lowest BCUT2D eigenvalue weighted by atomic mass is 9.74. The van der Waals surface area contributed by atoms with E-state index in [1.807, 2.05) is 42.5 Å². The van der Waals surface area contributed by atoms with Gasteiger partial charge in [0.25, 0.3) is 0 Å². The van der Waals surface area contributed by atoms with Gasteiger partial charge >= 0.3 is 0 Å². The lowest BCUT2D eigenvalue weighted by molar-refractivity contribution is -0.0219. The number of rotatable bonds is 2. The van der Waals surface area contributed by atoms with Crippen molar-refractivity contribution in [2.24, 2.45) is 0 Å². The smallest absolute Gasteiger partial charge is 0.173 e. The van der Waals surface area contributed by atoms with E-state index >= 15 is 0 Å². The SMILES string of the molecule is CCN1c2ccccc2C(C)(C)C1(O)c1ccccc1. The molecule has 1 aliphatic rings. The summed E-state index contributed by atoms with van der Waals surface area (Å²) in [5, 5.41) is 11.6. The molecule has 1 atom stereocenters. The maximum absolute atomic E-state index is 11.6. The molecule has 0 radical (unpaired) electrons. The summed E-state index contributed by atoms with van der Waals surface area (Å²) < 4.78 is 0. The Morgan fingerprint density at radius 2 is 1.55 bits per heavy atom. The van der Waals surface area contributed by atoms with E-state index in [4.69, 9.17) is 0 Å². The van der Waals surface area contributed by atoms with Gasteiger partial charge in [-0.15, -0.1) is 0 Å². The van der Waals surface area contributed by atoms with Crippen LogP contribution in [-0.2, 0) is 11.1 Å². The van der Waals surface area contributed by atoms with Crippen LogP contribution in [0.1, 0.15) is 31.9 Å². The zero-order valence-corrected chi connectivity index (χ0v) is 12.3. The molecule has 0 spiro atoms. The van der Waals surface area contributed by atoms with Gasteiger partial charge in [0.2, 0.25) is 0 Å². The van der Waals surface area contributed by atoms with E-state index in [0.29, 0.717) is 0 Å². The summed E-state index contributed by atoms with van der Waals surface area (Å²) in [6, 6.07) is 18.3. The fraction of sp³-hybridized carbons (Fsp3) is 0.333. The summed E-state index contributed by atoms with van der Waals surface area (Å²) in [4.78, 5) is 2.11. The standard InChI is InChI=1S/C18H21NO/c1-4-19-16-13-9-8-12-15(16)17(2,3)18(19,20)14-10-6-5-7-11-14/h5-13,20H,4H2,1-3H3. The van der Waals surface area contributed by atoms with E-state index in [0.717, 1.165) is 17.8 Å². The second-order valence-electron chi connectivity index (χ2n) is 5.92. The number of hydrogen-bond acceptors (Lipinski definition) is 2. The third-order valence-corrected chi connectivity index (χ3v) is 4.62. The maximum Gasteiger partial charge on any atom is 0.173 e. The van der Waals surface area contributed by atoms with Crippen molar-refractivity contribution in [3.8, 4) is 0 Å². The molecule has 20 heavy (non-hydrogen) atoms. The Balaban J connectivity index is 2.27. The molecule has 3 rings (SSSR count). The first-order chi connectivity index (χ1) is 9.53. The molecule has 0 aliphatic carbocycles. The normalized spacial score (nSPS) is 23.7. The van der Waals surface area contributed by atoms with Crippen LogP contribution in [0.25, 0.3) is 0 Å². The minimum absolute atomic E-state index is 0.360. The molecule has 2 nitrogen and oxygen atoms in total. The molecule has 2 heteroatoms. The third-order valence-electron chi connectivity index (χ3n) is 4.62. The van der Waals surface area contributed by atoms with E-state index < -0.39 is 5.72 Å². The molecule has 0 fully saturated rings. The highest BCUT2D eigenvalue weighted by Gasteiger charge is 2.56. The number of aliphatic hydroxyl groups is 1. The quantitative estimate of drug-likeness (QED) is 0.897. The van der Waals surface area contributed by atoms with Crippen LogP contribution in [-0.4, -0.2) is 11.7 Å². The average molecular weight is 267 g/mol. The summed E-state index contributed by atoms with van der Waals surface area (Å²) in [5.74, 6) is 0. The van der Waals surface area contributed by atoms with Gasteiger partial charge in [-0.05, 0) is 18.6 Å². The number of nitrogens with zero attached hydrogens (tertiary/aromatic N) is 1. The monoisotopic (exact) mass is 267 g/mol. The topological polar surface area (TPSA) is 23.5 Å². The first kappa shape index (κ1) is 13.2. The minimum atomic E-state index is -1.01. The van der Waals surface area contributed by atoms with Gasteiger partial charge in [-0.2, -0.15) is 0 Å². The Labute approximate surface area is 120 Å². The fourth-order valence-electron chi connectivity index (χ4n) is 3.52. The van der Waals surface area contributed by atoms with Crippen molar-refractivity contribution in [2.75, 3.05) is 11.4 Å². The molecule has 2 aromatic carbocycles. The van der Waals surface area contributed by atoms with E-state index in [1.165, 1.54) is 5.56 Å². The number of anilines is 1. The minimum Gasteiger partial charge on any atom is -0.366 e. The molecule has 1 N–H and O–H groups in total. The number of para-hydroxylation sites is 1. The van der Waals surface area contributed by atoms with Crippen molar-refractivity contribution >= 4 is 5.69 Å². The number of likely N-dealkylation sites (N-methyl/N-ethyl adjacent to an activating group) is 1. The van der Waals surface area contributed by atoms with E-state index in [2.05, 4.69) is 37.8 Å². The van der Waals surface area contributed by atoms with Gasteiger partial charge in [0, 0.05) is 23.2 Å². The van der Waals surface area contributed by atoms with Gasteiger partial charge in [-0.3, -0.25) is 0 Å². The van der Waals surface area contributed by atoms with Crippen LogP contribution in [0.5, 0.6) is 0 Å². The summed E-state index contributed by atoms with van der Waals surface area (Å²) >= 11 is 0. The maximum atomic E-state index is 11.6. The molecule has 0 bridgehead atoms. The van der Waals surface area contributed by atoms with Gasteiger partial charge in [-0.25, -0.2) is 0 Å². The molecule has 1 heterocycles. The average Bonchev–Trinajstić information content (AvgIpc) is 2.66. The summed E-state index contributed by atoms with van der Waals surface area (Å²) in [7, 11) is 0. The molecule has 2 aromatic rings. The lowest BCUT2D eigenvalue weighted by Crippen LogP contribution is -2.53. The van der Waals surface area contributed by atoms with E-state index in [1.54, 1.807) is 0 Å². The second-order valence-corrected chi connectivity index (χ2v) is 5.92. The molecule has 0 amide bonds. The molecule has 1 aliphatic heterocycles. The Kier molecular flexibility index (Phi) is 2.87. The van der Waals surface area contributed by atoms with Gasteiger partial charge in [0.15, 0.2) is 5.72 Å². The van der Waals surface area contributed by atoms with Crippen LogP contribution in [0.3, 0.4) is 0 Å². The zero-order chi connectivity index (χ0) is 14.4. The predicted octanol–water partition coefficient (Wildman–Crippen LogP) is 3.65. The van der Waals surface area contributed by atoms with Crippen LogP contribution < -0.4 is 4.90 Å². The van der Waals surface area contributed by atoms with Gasteiger partial charge in [0.1, 0.15) is 0 Å². The van der Waals surface area contributed by atoms with E-state index in [9.17, 15) is 5.11 Å². The molecule has 0 aromatic heterocycles. The van der Waals surface area contributed by atoms with Crippen LogP contribution in [0.15, 0.2) is 54.6 Å². The van der Waals surface area contributed by atoms with Crippen molar-refractivity contribution in [3.63, 3.8) is 0 Å². The lowest BCUT2D eigenvalue weighted by Gasteiger charge is -2.43. The van der Waals surface area contributed by atoms with Crippen molar-refractivity contribution in [1.29, 1.82) is 0 Å². The summed E-state index contributed by atoms with van der Waals surface area (Å²) in [5.41, 5.74) is 1.91. The predicted molar refractivity (Wildman–Crippen MR) is 82.8 cm³/mol. The largest absolute Gasteiger partial charge is 0.366 e. The molecule has 1 unspecified atom stereocenters. The molecule has 0 saturated heterocycles. The van der Waals surface area contributed by atoms with Crippen LogP contribution in [0, 0.1) is 0 Å². The molecule has 0 saturated carbocycles. The number of benzene rings is 2.